The molecule has 3 rings (SSSR count). The summed E-state index contributed by atoms with van der Waals surface area (Å²) in [5.74, 6) is 1.01. The van der Waals surface area contributed by atoms with Crippen LogP contribution in [0, 0.1) is 5.92 Å². The molecule has 1 aliphatic carbocycles. The van der Waals surface area contributed by atoms with Gasteiger partial charge in [-0.25, -0.2) is 0 Å². The van der Waals surface area contributed by atoms with Crippen LogP contribution in [0.4, 0.5) is 0 Å². The smallest absolute Gasteiger partial charge is 0.0197 e. The average Bonchev–Trinajstić information content (AvgIpc) is 2.75. The summed E-state index contributed by atoms with van der Waals surface area (Å²) in [6, 6.07) is 2.48. The molecule has 98 valence electrons. The van der Waals surface area contributed by atoms with Gasteiger partial charge in [-0.05, 0) is 57.9 Å². The highest BCUT2D eigenvalue weighted by Gasteiger charge is 2.33. The molecule has 2 nitrogen and oxygen atoms in total. The molecule has 0 spiro atoms. The van der Waals surface area contributed by atoms with Crippen LogP contribution < -0.4 is 5.32 Å². The molecule has 0 aromatic rings. The van der Waals surface area contributed by atoms with Crippen molar-refractivity contribution in [3.63, 3.8) is 0 Å². The molecule has 3 aliphatic rings. The van der Waals surface area contributed by atoms with Crippen LogP contribution in [0.3, 0.4) is 0 Å². The Morgan fingerprint density at radius 2 is 1.88 bits per heavy atom. The second-order valence-electron chi connectivity index (χ2n) is 6.58. The minimum atomic E-state index is 0.787. The number of nitrogens with zero attached hydrogens (tertiary/aromatic N) is 1. The lowest BCUT2D eigenvalue weighted by molar-refractivity contribution is 0.141. The highest BCUT2D eigenvalue weighted by Crippen LogP contribution is 2.32. The van der Waals surface area contributed by atoms with Crippen molar-refractivity contribution < 1.29 is 0 Å². The molecule has 3 fully saturated rings. The van der Waals surface area contributed by atoms with E-state index in [9.17, 15) is 0 Å². The lowest BCUT2D eigenvalue weighted by Gasteiger charge is -2.42. The third kappa shape index (κ3) is 2.68. The van der Waals surface area contributed by atoms with Crippen LogP contribution in [-0.4, -0.2) is 36.1 Å². The number of fused-ring (bicyclic) bond motifs is 1. The summed E-state index contributed by atoms with van der Waals surface area (Å²) in [7, 11) is 0. The molecular weight excluding hydrogens is 208 g/mol. The van der Waals surface area contributed by atoms with E-state index >= 15 is 0 Å². The first-order valence-corrected chi connectivity index (χ1v) is 7.83. The molecule has 4 atom stereocenters. The number of nitrogens with one attached hydrogen (secondary N) is 1. The molecule has 4 unspecified atom stereocenters. The molecule has 0 aromatic heterocycles. The normalized spacial score (nSPS) is 43.6. The summed E-state index contributed by atoms with van der Waals surface area (Å²) >= 11 is 0. The molecule has 0 amide bonds. The summed E-state index contributed by atoms with van der Waals surface area (Å²) in [4.78, 5) is 2.71. The van der Waals surface area contributed by atoms with Crippen molar-refractivity contribution in [2.24, 2.45) is 5.92 Å². The van der Waals surface area contributed by atoms with Gasteiger partial charge in [0.2, 0.25) is 0 Å². The monoisotopic (exact) mass is 236 g/mol. The van der Waals surface area contributed by atoms with E-state index in [0.717, 1.165) is 24.0 Å². The summed E-state index contributed by atoms with van der Waals surface area (Å²) in [5, 5.41) is 3.96. The summed E-state index contributed by atoms with van der Waals surface area (Å²) in [5.41, 5.74) is 0. The summed E-state index contributed by atoms with van der Waals surface area (Å²) < 4.78 is 0. The standard InChI is InChI=1S/C15H28N2/c1-12-5-4-10-17(12)11-14-9-8-13-6-2-3-7-15(13)16-14/h12-16H,2-11H2,1H3. The second kappa shape index (κ2) is 5.27. The molecule has 1 saturated carbocycles. The number of hydrogen-bond donors (Lipinski definition) is 1. The third-order valence-electron chi connectivity index (χ3n) is 5.39. The van der Waals surface area contributed by atoms with Gasteiger partial charge >= 0.3 is 0 Å². The van der Waals surface area contributed by atoms with Crippen LogP contribution in [-0.2, 0) is 0 Å². The van der Waals surface area contributed by atoms with Crippen molar-refractivity contribution in [3.05, 3.63) is 0 Å². The number of rotatable bonds is 2. The van der Waals surface area contributed by atoms with E-state index in [-0.39, 0.29) is 0 Å². The van der Waals surface area contributed by atoms with Crippen molar-refractivity contribution in [2.75, 3.05) is 13.1 Å². The lowest BCUT2D eigenvalue weighted by atomic mass is 9.77. The first kappa shape index (κ1) is 12.0. The highest BCUT2D eigenvalue weighted by molar-refractivity contribution is 4.91. The second-order valence-corrected chi connectivity index (χ2v) is 6.58. The van der Waals surface area contributed by atoms with E-state index in [1.165, 1.54) is 64.5 Å². The predicted molar refractivity (Wildman–Crippen MR) is 72.2 cm³/mol. The Bertz CT molecular complexity index is 253. The van der Waals surface area contributed by atoms with Crippen LogP contribution in [0.15, 0.2) is 0 Å². The maximum absolute atomic E-state index is 3.96. The van der Waals surface area contributed by atoms with Gasteiger partial charge in [-0.2, -0.15) is 0 Å². The first-order chi connectivity index (χ1) is 8.33. The van der Waals surface area contributed by atoms with Gasteiger partial charge in [-0.1, -0.05) is 12.8 Å². The number of likely N-dealkylation sites (tertiary alicyclic amines) is 1. The molecule has 2 heterocycles. The zero-order chi connectivity index (χ0) is 11.7. The van der Waals surface area contributed by atoms with Gasteiger partial charge in [0.25, 0.3) is 0 Å². The van der Waals surface area contributed by atoms with Crippen molar-refractivity contribution in [1.82, 2.24) is 10.2 Å². The fraction of sp³-hybridized carbons (Fsp3) is 1.00. The maximum atomic E-state index is 3.96. The van der Waals surface area contributed by atoms with E-state index in [1.807, 2.05) is 0 Å². The van der Waals surface area contributed by atoms with Gasteiger partial charge in [0.15, 0.2) is 0 Å². The van der Waals surface area contributed by atoms with E-state index in [4.69, 9.17) is 0 Å². The van der Waals surface area contributed by atoms with Crippen molar-refractivity contribution in [1.29, 1.82) is 0 Å². The fourth-order valence-electron chi connectivity index (χ4n) is 4.26. The molecule has 1 N–H and O–H groups in total. The Balaban J connectivity index is 1.51. The predicted octanol–water partition coefficient (Wildman–Crippen LogP) is 2.78. The Morgan fingerprint density at radius 3 is 2.71 bits per heavy atom. The SMILES string of the molecule is CC1CCCN1CC1CCC2CCCCC2N1. The van der Waals surface area contributed by atoms with Gasteiger partial charge in [0, 0.05) is 24.7 Å². The Hall–Kier alpha value is -0.0800. The van der Waals surface area contributed by atoms with Crippen molar-refractivity contribution in [2.45, 2.75) is 76.4 Å². The Morgan fingerprint density at radius 1 is 1.00 bits per heavy atom. The molecule has 2 aliphatic heterocycles. The van der Waals surface area contributed by atoms with Crippen LogP contribution in [0.1, 0.15) is 58.3 Å². The van der Waals surface area contributed by atoms with E-state index in [0.29, 0.717) is 0 Å². The number of hydrogen-bond acceptors (Lipinski definition) is 2. The van der Waals surface area contributed by atoms with Crippen LogP contribution in [0.25, 0.3) is 0 Å². The largest absolute Gasteiger partial charge is 0.310 e. The van der Waals surface area contributed by atoms with Gasteiger partial charge < -0.3 is 5.32 Å². The molecule has 0 bridgehead atoms. The van der Waals surface area contributed by atoms with Crippen LogP contribution >= 0.6 is 0 Å². The number of piperidine rings is 1. The lowest BCUT2D eigenvalue weighted by Crippen LogP contribution is -2.53. The molecule has 0 aromatic carbocycles. The molecule has 2 saturated heterocycles. The van der Waals surface area contributed by atoms with Gasteiger partial charge in [-0.3, -0.25) is 4.90 Å². The van der Waals surface area contributed by atoms with Crippen molar-refractivity contribution in [3.8, 4) is 0 Å². The first-order valence-electron chi connectivity index (χ1n) is 7.83. The van der Waals surface area contributed by atoms with E-state index in [2.05, 4.69) is 17.1 Å². The summed E-state index contributed by atoms with van der Waals surface area (Å²) in [6.07, 6.45) is 11.6. The minimum Gasteiger partial charge on any atom is -0.310 e. The highest BCUT2D eigenvalue weighted by atomic mass is 15.2. The molecular formula is C15H28N2. The zero-order valence-electron chi connectivity index (χ0n) is 11.3. The average molecular weight is 236 g/mol. The van der Waals surface area contributed by atoms with E-state index < -0.39 is 0 Å². The zero-order valence-corrected chi connectivity index (χ0v) is 11.3. The van der Waals surface area contributed by atoms with Crippen LogP contribution in [0.2, 0.25) is 0 Å². The minimum absolute atomic E-state index is 0.787. The molecule has 2 heteroatoms. The third-order valence-corrected chi connectivity index (χ3v) is 5.39. The van der Waals surface area contributed by atoms with Gasteiger partial charge in [-0.15, -0.1) is 0 Å². The Kier molecular flexibility index (Phi) is 3.72. The topological polar surface area (TPSA) is 15.3 Å². The molecule has 0 radical (unpaired) electrons. The van der Waals surface area contributed by atoms with Crippen molar-refractivity contribution >= 4 is 0 Å². The molecule has 17 heavy (non-hydrogen) atoms. The quantitative estimate of drug-likeness (QED) is 0.793. The van der Waals surface area contributed by atoms with Gasteiger partial charge in [0.1, 0.15) is 0 Å². The van der Waals surface area contributed by atoms with Gasteiger partial charge in [0.05, 0.1) is 0 Å². The Labute approximate surface area is 106 Å². The van der Waals surface area contributed by atoms with E-state index in [1.54, 1.807) is 0 Å². The maximum Gasteiger partial charge on any atom is 0.0197 e. The fourth-order valence-corrected chi connectivity index (χ4v) is 4.26. The van der Waals surface area contributed by atoms with Crippen LogP contribution in [0.5, 0.6) is 0 Å². The summed E-state index contributed by atoms with van der Waals surface area (Å²) in [6.45, 7) is 5.05.